The molecule has 1 aromatic carbocycles. The molecule has 1 atom stereocenters. The van der Waals surface area contributed by atoms with Crippen molar-refractivity contribution in [3.63, 3.8) is 0 Å². The molecule has 6 nitrogen and oxygen atoms in total. The first-order valence-corrected chi connectivity index (χ1v) is 6.56. The predicted octanol–water partition coefficient (Wildman–Crippen LogP) is 1.16. The van der Waals surface area contributed by atoms with Crippen LogP contribution in [-0.4, -0.2) is 27.3 Å². The van der Waals surface area contributed by atoms with Crippen LogP contribution in [0.15, 0.2) is 42.9 Å². The standard InChI is InChI=1S/C15H17N3O3/c1-11(21-9-12-5-3-2-4-6-12)14(19)8-18-10-17-7-13(18)15(16)20/h2-7,10-11H,8-9H2,1H3,(H2,16,20). The van der Waals surface area contributed by atoms with Crippen LogP contribution < -0.4 is 5.73 Å². The molecule has 0 saturated heterocycles. The summed E-state index contributed by atoms with van der Waals surface area (Å²) in [4.78, 5) is 27.1. The lowest BCUT2D eigenvalue weighted by Crippen LogP contribution is -2.27. The highest BCUT2D eigenvalue weighted by molar-refractivity contribution is 5.91. The third-order valence-corrected chi connectivity index (χ3v) is 3.09. The number of nitrogens with zero attached hydrogens (tertiary/aromatic N) is 2. The summed E-state index contributed by atoms with van der Waals surface area (Å²) in [7, 11) is 0. The molecule has 6 heteroatoms. The predicted molar refractivity (Wildman–Crippen MR) is 76.4 cm³/mol. The summed E-state index contributed by atoms with van der Waals surface area (Å²) < 4.78 is 6.96. The Bertz CT molecular complexity index is 622. The molecule has 0 radical (unpaired) electrons. The fourth-order valence-corrected chi connectivity index (χ4v) is 1.84. The Kier molecular flexibility index (Phi) is 4.84. The van der Waals surface area contributed by atoms with E-state index >= 15 is 0 Å². The molecular weight excluding hydrogens is 270 g/mol. The van der Waals surface area contributed by atoms with Gasteiger partial charge in [0.25, 0.3) is 5.91 Å². The van der Waals surface area contributed by atoms with Crippen LogP contribution in [0.3, 0.4) is 0 Å². The highest BCUT2D eigenvalue weighted by Gasteiger charge is 2.17. The molecule has 2 aromatic rings. The smallest absolute Gasteiger partial charge is 0.266 e. The molecule has 0 saturated carbocycles. The first kappa shape index (κ1) is 14.9. The van der Waals surface area contributed by atoms with Crippen molar-refractivity contribution in [3.05, 3.63) is 54.1 Å². The Morgan fingerprint density at radius 1 is 1.33 bits per heavy atom. The number of nitrogens with two attached hydrogens (primary N) is 1. The summed E-state index contributed by atoms with van der Waals surface area (Å²) in [5.74, 6) is -0.760. The normalized spacial score (nSPS) is 12.0. The van der Waals surface area contributed by atoms with Crippen molar-refractivity contribution in [1.82, 2.24) is 9.55 Å². The number of imidazole rings is 1. The van der Waals surface area contributed by atoms with Crippen molar-refractivity contribution in [3.8, 4) is 0 Å². The number of aromatic nitrogens is 2. The third-order valence-electron chi connectivity index (χ3n) is 3.09. The van der Waals surface area contributed by atoms with Crippen LogP contribution >= 0.6 is 0 Å². The van der Waals surface area contributed by atoms with Crippen LogP contribution in [0.25, 0.3) is 0 Å². The van der Waals surface area contributed by atoms with E-state index in [1.807, 2.05) is 30.3 Å². The highest BCUT2D eigenvalue weighted by atomic mass is 16.5. The van der Waals surface area contributed by atoms with Crippen LogP contribution in [0.5, 0.6) is 0 Å². The zero-order valence-electron chi connectivity index (χ0n) is 11.7. The minimum atomic E-state index is -0.613. The lowest BCUT2D eigenvalue weighted by atomic mass is 10.2. The first-order chi connectivity index (χ1) is 10.1. The maximum absolute atomic E-state index is 12.1. The topological polar surface area (TPSA) is 87.2 Å². The van der Waals surface area contributed by atoms with Crippen molar-refractivity contribution in [2.45, 2.75) is 26.2 Å². The van der Waals surface area contributed by atoms with Gasteiger partial charge in [0.1, 0.15) is 11.8 Å². The average molecular weight is 287 g/mol. The Labute approximate surface area is 122 Å². The second-order valence-corrected chi connectivity index (χ2v) is 4.68. The number of ketones is 1. The van der Waals surface area contributed by atoms with Gasteiger partial charge in [-0.25, -0.2) is 4.98 Å². The SMILES string of the molecule is CC(OCc1ccccc1)C(=O)Cn1cncc1C(N)=O. The Morgan fingerprint density at radius 3 is 2.71 bits per heavy atom. The van der Waals surface area contributed by atoms with Crippen molar-refractivity contribution >= 4 is 11.7 Å². The number of hydrogen-bond acceptors (Lipinski definition) is 4. The molecular formula is C15H17N3O3. The minimum Gasteiger partial charge on any atom is -0.366 e. The molecule has 0 aliphatic rings. The highest BCUT2D eigenvalue weighted by Crippen LogP contribution is 2.06. The second kappa shape index (κ2) is 6.81. The van der Waals surface area contributed by atoms with Gasteiger partial charge in [0.15, 0.2) is 5.78 Å². The molecule has 110 valence electrons. The molecule has 21 heavy (non-hydrogen) atoms. The molecule has 0 aliphatic heterocycles. The number of primary amides is 1. The number of rotatable bonds is 7. The molecule has 0 fully saturated rings. The molecule has 1 unspecified atom stereocenters. The van der Waals surface area contributed by atoms with Crippen molar-refractivity contribution in [1.29, 1.82) is 0 Å². The summed E-state index contributed by atoms with van der Waals surface area (Å²) in [6.07, 6.45) is 2.17. The third kappa shape index (κ3) is 4.00. The molecule has 1 aromatic heterocycles. The lowest BCUT2D eigenvalue weighted by molar-refractivity contribution is -0.130. The molecule has 0 bridgehead atoms. The van der Waals surface area contributed by atoms with Gasteiger partial charge in [-0.1, -0.05) is 30.3 Å². The van der Waals surface area contributed by atoms with Gasteiger partial charge in [-0.2, -0.15) is 0 Å². The van der Waals surface area contributed by atoms with Crippen molar-refractivity contribution < 1.29 is 14.3 Å². The summed E-state index contributed by atoms with van der Waals surface area (Å²) in [6, 6.07) is 9.60. The fraction of sp³-hybridized carbons (Fsp3) is 0.267. The van der Waals surface area contributed by atoms with E-state index in [-0.39, 0.29) is 18.0 Å². The summed E-state index contributed by atoms with van der Waals surface area (Å²) in [5, 5.41) is 0. The van der Waals surface area contributed by atoms with Gasteiger partial charge in [-0.3, -0.25) is 9.59 Å². The number of carbonyl (C=O) groups excluding carboxylic acids is 2. The van der Waals surface area contributed by atoms with E-state index in [2.05, 4.69) is 4.98 Å². The van der Waals surface area contributed by atoms with E-state index in [1.54, 1.807) is 6.92 Å². The Morgan fingerprint density at radius 2 is 2.05 bits per heavy atom. The van der Waals surface area contributed by atoms with E-state index in [0.717, 1.165) is 5.56 Å². The monoisotopic (exact) mass is 287 g/mol. The molecule has 0 aliphatic carbocycles. The van der Waals surface area contributed by atoms with Crippen LogP contribution in [0.4, 0.5) is 0 Å². The average Bonchev–Trinajstić information content (AvgIpc) is 2.94. The molecule has 2 rings (SSSR count). The van der Waals surface area contributed by atoms with E-state index in [0.29, 0.717) is 6.61 Å². The number of Topliss-reactive ketones (excluding diaryl/α,β-unsaturated/α-hetero) is 1. The zero-order valence-corrected chi connectivity index (χ0v) is 11.7. The van der Waals surface area contributed by atoms with Crippen LogP contribution in [0.2, 0.25) is 0 Å². The van der Waals surface area contributed by atoms with Gasteiger partial charge in [-0.15, -0.1) is 0 Å². The fourth-order valence-electron chi connectivity index (χ4n) is 1.84. The van der Waals surface area contributed by atoms with Gasteiger partial charge in [0.05, 0.1) is 25.7 Å². The maximum Gasteiger partial charge on any atom is 0.266 e. The van der Waals surface area contributed by atoms with Crippen molar-refractivity contribution in [2.24, 2.45) is 5.73 Å². The zero-order chi connectivity index (χ0) is 15.2. The number of ether oxygens (including phenoxy) is 1. The quantitative estimate of drug-likeness (QED) is 0.827. The van der Waals surface area contributed by atoms with Gasteiger partial charge in [-0.05, 0) is 12.5 Å². The van der Waals surface area contributed by atoms with E-state index in [1.165, 1.54) is 17.1 Å². The molecule has 1 heterocycles. The number of carbonyl (C=O) groups is 2. The molecule has 2 N–H and O–H groups in total. The number of benzene rings is 1. The van der Waals surface area contributed by atoms with E-state index < -0.39 is 12.0 Å². The lowest BCUT2D eigenvalue weighted by Gasteiger charge is -2.13. The van der Waals surface area contributed by atoms with Gasteiger partial charge >= 0.3 is 0 Å². The van der Waals surface area contributed by atoms with Crippen LogP contribution in [-0.2, 0) is 22.7 Å². The van der Waals surface area contributed by atoms with Gasteiger partial charge in [0.2, 0.25) is 0 Å². The summed E-state index contributed by atoms with van der Waals surface area (Å²) >= 11 is 0. The van der Waals surface area contributed by atoms with E-state index in [9.17, 15) is 9.59 Å². The van der Waals surface area contributed by atoms with Crippen molar-refractivity contribution in [2.75, 3.05) is 0 Å². The van der Waals surface area contributed by atoms with Crippen LogP contribution in [0, 0.1) is 0 Å². The second-order valence-electron chi connectivity index (χ2n) is 4.68. The largest absolute Gasteiger partial charge is 0.366 e. The number of hydrogen-bond donors (Lipinski definition) is 1. The Balaban J connectivity index is 1.90. The first-order valence-electron chi connectivity index (χ1n) is 6.56. The minimum absolute atomic E-state index is 0.00816. The van der Waals surface area contributed by atoms with Crippen LogP contribution in [0.1, 0.15) is 23.0 Å². The maximum atomic E-state index is 12.1. The molecule has 0 spiro atoms. The van der Waals surface area contributed by atoms with Gasteiger partial charge < -0.3 is 15.0 Å². The molecule has 1 amide bonds. The Hall–Kier alpha value is -2.47. The van der Waals surface area contributed by atoms with E-state index in [4.69, 9.17) is 10.5 Å². The number of amides is 1. The summed E-state index contributed by atoms with van der Waals surface area (Å²) in [5.41, 5.74) is 6.41. The summed E-state index contributed by atoms with van der Waals surface area (Å²) in [6.45, 7) is 2.06. The van der Waals surface area contributed by atoms with Gasteiger partial charge in [0, 0.05) is 0 Å².